The highest BCUT2D eigenvalue weighted by molar-refractivity contribution is 6.33. The molecular weight excluding hydrogens is 495 g/mol. The molecule has 1 atom stereocenters. The lowest BCUT2D eigenvalue weighted by molar-refractivity contribution is -0.121. The van der Waals surface area contributed by atoms with Gasteiger partial charge >= 0.3 is 0 Å². The van der Waals surface area contributed by atoms with Gasteiger partial charge in [0.25, 0.3) is 0 Å². The zero-order valence-electron chi connectivity index (χ0n) is 20.2. The molecule has 1 aliphatic rings. The first-order valence-corrected chi connectivity index (χ1v) is 12.5. The number of carbonyl (C=O) groups excluding carboxylic acids is 1. The SMILES string of the molecule is Cc1cn[nH]c1CC(=O)N[C@@H]1CC(C)(C)Oc2nc(-c3ccccc3Cl)c(-c3ccc(Cl)cc3)cc21. The maximum absolute atomic E-state index is 13.0. The number of H-pyrrole nitrogens is 1. The average molecular weight is 521 g/mol. The first kappa shape index (κ1) is 24.3. The molecule has 2 aromatic carbocycles. The van der Waals surface area contributed by atoms with Gasteiger partial charge < -0.3 is 10.1 Å². The lowest BCUT2D eigenvalue weighted by Gasteiger charge is -2.37. The van der Waals surface area contributed by atoms with Crippen LogP contribution in [0.15, 0.2) is 60.8 Å². The van der Waals surface area contributed by atoms with Crippen LogP contribution in [0.25, 0.3) is 22.4 Å². The van der Waals surface area contributed by atoms with Crippen LogP contribution in [0.2, 0.25) is 10.0 Å². The number of pyridine rings is 1. The van der Waals surface area contributed by atoms with Crippen LogP contribution in [0, 0.1) is 6.92 Å². The Bertz CT molecular complexity index is 1430. The summed E-state index contributed by atoms with van der Waals surface area (Å²) in [7, 11) is 0. The molecule has 36 heavy (non-hydrogen) atoms. The van der Waals surface area contributed by atoms with Crippen LogP contribution in [-0.4, -0.2) is 26.7 Å². The number of nitrogens with one attached hydrogen (secondary N) is 2. The second-order valence-electron chi connectivity index (χ2n) is 9.66. The number of carbonyl (C=O) groups is 1. The highest BCUT2D eigenvalue weighted by Crippen LogP contribution is 2.44. The van der Waals surface area contributed by atoms with Crippen molar-refractivity contribution in [2.45, 2.75) is 45.3 Å². The third-order valence-electron chi connectivity index (χ3n) is 6.35. The van der Waals surface area contributed by atoms with Gasteiger partial charge in [-0.3, -0.25) is 9.89 Å². The lowest BCUT2D eigenvalue weighted by Crippen LogP contribution is -2.42. The number of hydrogen-bond acceptors (Lipinski definition) is 4. The second-order valence-corrected chi connectivity index (χ2v) is 10.5. The summed E-state index contributed by atoms with van der Waals surface area (Å²) in [5.74, 6) is 0.390. The van der Waals surface area contributed by atoms with Crippen molar-refractivity contribution in [3.63, 3.8) is 0 Å². The maximum atomic E-state index is 13.0. The minimum absolute atomic E-state index is 0.0979. The van der Waals surface area contributed by atoms with E-state index in [2.05, 4.69) is 15.5 Å². The number of fused-ring (bicyclic) bond motifs is 1. The largest absolute Gasteiger partial charge is 0.471 e. The van der Waals surface area contributed by atoms with E-state index in [0.29, 0.717) is 28.0 Å². The van der Waals surface area contributed by atoms with Crippen molar-refractivity contribution >= 4 is 29.1 Å². The summed E-state index contributed by atoms with van der Waals surface area (Å²) < 4.78 is 6.33. The van der Waals surface area contributed by atoms with Crippen LogP contribution in [0.5, 0.6) is 5.88 Å². The number of rotatable bonds is 5. The highest BCUT2D eigenvalue weighted by Gasteiger charge is 2.37. The van der Waals surface area contributed by atoms with E-state index in [9.17, 15) is 4.79 Å². The van der Waals surface area contributed by atoms with Gasteiger partial charge in [0.05, 0.1) is 24.4 Å². The number of aryl methyl sites for hydroxylation is 1. The number of nitrogens with zero attached hydrogens (tertiary/aromatic N) is 2. The van der Waals surface area contributed by atoms with Crippen molar-refractivity contribution in [3.8, 4) is 28.3 Å². The van der Waals surface area contributed by atoms with Gasteiger partial charge in [-0.25, -0.2) is 4.98 Å². The van der Waals surface area contributed by atoms with Crippen molar-refractivity contribution in [3.05, 3.63) is 87.7 Å². The standard InChI is InChI=1S/C28H26Cl2N4O2/c1-16-15-31-34-23(16)13-25(35)32-24-14-28(2,3)36-27-21(24)12-20(17-8-10-18(29)11-9-17)26(33-27)19-6-4-5-7-22(19)30/h4-12,15,24H,13-14H2,1-3H3,(H,31,34)(H,32,35)/t24-/m1/s1. The van der Waals surface area contributed by atoms with E-state index >= 15 is 0 Å². The molecule has 0 radical (unpaired) electrons. The molecule has 2 N–H and O–H groups in total. The van der Waals surface area contributed by atoms with E-state index in [4.69, 9.17) is 32.9 Å². The van der Waals surface area contributed by atoms with E-state index in [0.717, 1.165) is 33.5 Å². The molecule has 0 fully saturated rings. The molecule has 0 unspecified atom stereocenters. The quantitative estimate of drug-likeness (QED) is 0.306. The summed E-state index contributed by atoms with van der Waals surface area (Å²) >= 11 is 12.8. The number of benzene rings is 2. The lowest BCUT2D eigenvalue weighted by atomic mass is 9.88. The van der Waals surface area contributed by atoms with Crippen molar-refractivity contribution < 1.29 is 9.53 Å². The van der Waals surface area contributed by atoms with Gasteiger partial charge in [0.1, 0.15) is 5.60 Å². The number of aromatic amines is 1. The number of aromatic nitrogens is 3. The molecule has 5 rings (SSSR count). The van der Waals surface area contributed by atoms with Gasteiger partial charge in [-0.15, -0.1) is 0 Å². The number of ether oxygens (including phenoxy) is 1. The first-order valence-electron chi connectivity index (χ1n) is 11.7. The Hall–Kier alpha value is -3.35. The van der Waals surface area contributed by atoms with Crippen LogP contribution in [0.3, 0.4) is 0 Å². The van der Waals surface area contributed by atoms with Gasteiger partial charge in [-0.05, 0) is 56.2 Å². The zero-order chi connectivity index (χ0) is 25.4. The van der Waals surface area contributed by atoms with Gasteiger partial charge in [-0.1, -0.05) is 53.5 Å². The van der Waals surface area contributed by atoms with Crippen LogP contribution < -0.4 is 10.1 Å². The van der Waals surface area contributed by atoms with Crippen LogP contribution in [0.1, 0.15) is 43.1 Å². The first-order chi connectivity index (χ1) is 17.2. The van der Waals surface area contributed by atoms with Crippen LogP contribution in [0.4, 0.5) is 0 Å². The molecule has 4 aromatic rings. The summed E-state index contributed by atoms with van der Waals surface area (Å²) in [5.41, 5.74) is 5.37. The predicted molar refractivity (Wildman–Crippen MR) is 142 cm³/mol. The van der Waals surface area contributed by atoms with Gasteiger partial charge in [0.2, 0.25) is 11.8 Å². The molecule has 1 amide bonds. The molecule has 0 saturated carbocycles. The summed E-state index contributed by atoms with van der Waals surface area (Å²) in [5, 5.41) is 11.4. The predicted octanol–water partition coefficient (Wildman–Crippen LogP) is 6.72. The molecule has 0 saturated heterocycles. The van der Waals surface area contributed by atoms with Crippen LogP contribution >= 0.6 is 23.2 Å². The molecule has 0 spiro atoms. The van der Waals surface area contributed by atoms with E-state index in [1.165, 1.54) is 0 Å². The summed E-state index contributed by atoms with van der Waals surface area (Å²) in [4.78, 5) is 18.0. The topological polar surface area (TPSA) is 79.9 Å². The Labute approximate surface area is 220 Å². The van der Waals surface area contributed by atoms with Crippen LogP contribution in [-0.2, 0) is 11.2 Å². The molecule has 184 valence electrons. The fourth-order valence-electron chi connectivity index (χ4n) is 4.54. The molecule has 3 heterocycles. The summed E-state index contributed by atoms with van der Waals surface area (Å²) in [6.07, 6.45) is 2.53. The Kier molecular flexibility index (Phi) is 6.49. The van der Waals surface area contributed by atoms with Crippen molar-refractivity contribution in [1.29, 1.82) is 0 Å². The molecule has 1 aliphatic heterocycles. The minimum Gasteiger partial charge on any atom is -0.471 e. The van der Waals surface area contributed by atoms with Crippen molar-refractivity contribution in [2.75, 3.05) is 0 Å². The van der Waals surface area contributed by atoms with E-state index < -0.39 is 5.60 Å². The van der Waals surface area contributed by atoms with E-state index in [-0.39, 0.29) is 18.4 Å². The molecule has 6 nitrogen and oxygen atoms in total. The number of hydrogen-bond donors (Lipinski definition) is 2. The normalized spacial score (nSPS) is 16.2. The third kappa shape index (κ3) is 4.97. The number of halogens is 2. The Morgan fingerprint density at radius 1 is 1.14 bits per heavy atom. The molecule has 0 bridgehead atoms. The van der Waals surface area contributed by atoms with Gasteiger partial charge in [0.15, 0.2) is 0 Å². The molecule has 0 aliphatic carbocycles. The molecule has 2 aromatic heterocycles. The summed E-state index contributed by atoms with van der Waals surface area (Å²) in [6.45, 7) is 5.92. The molecular formula is C28H26Cl2N4O2. The Balaban J connectivity index is 1.61. The fourth-order valence-corrected chi connectivity index (χ4v) is 4.89. The van der Waals surface area contributed by atoms with Crippen molar-refractivity contribution in [2.24, 2.45) is 0 Å². The third-order valence-corrected chi connectivity index (χ3v) is 6.93. The van der Waals surface area contributed by atoms with E-state index in [1.54, 1.807) is 6.20 Å². The average Bonchev–Trinajstić information content (AvgIpc) is 3.22. The minimum atomic E-state index is -0.526. The number of amides is 1. The Morgan fingerprint density at radius 3 is 2.58 bits per heavy atom. The van der Waals surface area contributed by atoms with E-state index in [1.807, 2.05) is 75.4 Å². The summed E-state index contributed by atoms with van der Waals surface area (Å²) in [6, 6.07) is 17.0. The smallest absolute Gasteiger partial charge is 0.226 e. The van der Waals surface area contributed by atoms with Gasteiger partial charge in [-0.2, -0.15) is 5.10 Å². The highest BCUT2D eigenvalue weighted by atomic mass is 35.5. The monoisotopic (exact) mass is 520 g/mol. The second kappa shape index (κ2) is 9.60. The van der Waals surface area contributed by atoms with Crippen molar-refractivity contribution in [1.82, 2.24) is 20.5 Å². The zero-order valence-corrected chi connectivity index (χ0v) is 21.7. The Morgan fingerprint density at radius 2 is 1.89 bits per heavy atom. The van der Waals surface area contributed by atoms with Gasteiger partial charge in [0, 0.05) is 38.9 Å². The molecule has 8 heteroatoms. The maximum Gasteiger partial charge on any atom is 0.226 e. The fraction of sp³-hybridized carbons (Fsp3) is 0.250.